The number of halogens is 2. The molecule has 4 heteroatoms. The number of rotatable bonds is 5. The second kappa shape index (κ2) is 7.01. The highest BCUT2D eigenvalue weighted by Gasteiger charge is 2.03. The summed E-state index contributed by atoms with van der Waals surface area (Å²) in [5.41, 5.74) is 2.51. The molecule has 0 fully saturated rings. The Balaban J connectivity index is 1.54. The number of fused-ring (bicyclic) bond motifs is 1. The molecular weight excluding hydrogens is 333 g/mol. The summed E-state index contributed by atoms with van der Waals surface area (Å²) in [6, 6.07) is 14.7. The van der Waals surface area contributed by atoms with Gasteiger partial charge in [0.1, 0.15) is 0 Å². The third-order valence-corrected chi connectivity index (χ3v) is 5.45. The van der Waals surface area contributed by atoms with Crippen molar-refractivity contribution < 1.29 is 0 Å². The van der Waals surface area contributed by atoms with Crippen LogP contribution in [0.3, 0.4) is 0 Å². The van der Waals surface area contributed by atoms with E-state index in [0.717, 1.165) is 19.5 Å². The van der Waals surface area contributed by atoms with Crippen LogP contribution in [0.4, 0.5) is 0 Å². The molecule has 0 amide bonds. The van der Waals surface area contributed by atoms with Crippen molar-refractivity contribution in [1.29, 1.82) is 0 Å². The maximum Gasteiger partial charge on any atom is 0.0595 e. The molecule has 3 aromatic rings. The van der Waals surface area contributed by atoms with Crippen LogP contribution in [0.2, 0.25) is 10.0 Å². The van der Waals surface area contributed by atoms with Crippen molar-refractivity contribution >= 4 is 44.6 Å². The molecule has 1 aromatic heterocycles. The van der Waals surface area contributed by atoms with Crippen LogP contribution in [0.1, 0.15) is 16.0 Å². The number of benzene rings is 2. The minimum atomic E-state index is 0.610. The van der Waals surface area contributed by atoms with Gasteiger partial charge in [-0.3, -0.25) is 0 Å². The molecule has 0 aliphatic carbocycles. The van der Waals surface area contributed by atoms with Gasteiger partial charge >= 0.3 is 0 Å². The van der Waals surface area contributed by atoms with E-state index in [0.29, 0.717) is 10.0 Å². The first kappa shape index (κ1) is 15.8. The van der Waals surface area contributed by atoms with Gasteiger partial charge in [-0.25, -0.2) is 0 Å². The SMILES string of the molecule is Cc1ccc2sc(CNCCc3ccc(Cl)c(Cl)c3)cc2c1. The predicted octanol–water partition coefficient (Wildman–Crippen LogP) is 5.85. The summed E-state index contributed by atoms with van der Waals surface area (Å²) >= 11 is 13.8. The summed E-state index contributed by atoms with van der Waals surface area (Å²) in [5.74, 6) is 0. The lowest BCUT2D eigenvalue weighted by molar-refractivity contribution is 0.694. The van der Waals surface area contributed by atoms with E-state index in [9.17, 15) is 0 Å². The molecule has 0 saturated heterocycles. The molecule has 0 unspecified atom stereocenters. The first-order valence-electron chi connectivity index (χ1n) is 7.25. The van der Waals surface area contributed by atoms with Crippen molar-refractivity contribution in [3.05, 3.63) is 68.5 Å². The van der Waals surface area contributed by atoms with Crippen LogP contribution < -0.4 is 5.32 Å². The largest absolute Gasteiger partial charge is 0.312 e. The van der Waals surface area contributed by atoms with Gasteiger partial charge in [0.2, 0.25) is 0 Å². The Kier molecular flexibility index (Phi) is 5.04. The molecule has 0 radical (unpaired) electrons. The molecule has 0 aliphatic rings. The first-order valence-corrected chi connectivity index (χ1v) is 8.83. The van der Waals surface area contributed by atoms with Crippen molar-refractivity contribution in [1.82, 2.24) is 5.32 Å². The number of thiophene rings is 1. The van der Waals surface area contributed by atoms with Crippen molar-refractivity contribution in [3.8, 4) is 0 Å². The van der Waals surface area contributed by atoms with E-state index >= 15 is 0 Å². The molecule has 22 heavy (non-hydrogen) atoms. The van der Waals surface area contributed by atoms with Crippen LogP contribution in [0, 0.1) is 6.92 Å². The molecule has 0 atom stereocenters. The number of hydrogen-bond acceptors (Lipinski definition) is 2. The van der Waals surface area contributed by atoms with E-state index in [-0.39, 0.29) is 0 Å². The zero-order valence-corrected chi connectivity index (χ0v) is 14.7. The zero-order valence-electron chi connectivity index (χ0n) is 12.3. The number of aryl methyl sites for hydroxylation is 1. The minimum absolute atomic E-state index is 0.610. The van der Waals surface area contributed by atoms with Crippen LogP contribution in [0.15, 0.2) is 42.5 Å². The predicted molar refractivity (Wildman–Crippen MR) is 98.4 cm³/mol. The smallest absolute Gasteiger partial charge is 0.0595 e. The molecule has 1 nitrogen and oxygen atoms in total. The highest BCUT2D eigenvalue weighted by Crippen LogP contribution is 2.26. The second-order valence-electron chi connectivity index (χ2n) is 5.43. The quantitative estimate of drug-likeness (QED) is 0.569. The summed E-state index contributed by atoms with van der Waals surface area (Å²) in [4.78, 5) is 1.37. The lowest BCUT2D eigenvalue weighted by Gasteiger charge is -2.05. The van der Waals surface area contributed by atoms with E-state index in [1.165, 1.54) is 26.1 Å². The fourth-order valence-corrected chi connectivity index (χ4v) is 3.78. The first-order chi connectivity index (χ1) is 10.6. The van der Waals surface area contributed by atoms with Crippen molar-refractivity contribution in [2.24, 2.45) is 0 Å². The third kappa shape index (κ3) is 3.82. The van der Waals surface area contributed by atoms with Crippen molar-refractivity contribution in [2.45, 2.75) is 19.9 Å². The molecule has 0 bridgehead atoms. The van der Waals surface area contributed by atoms with Gasteiger partial charge in [0.05, 0.1) is 10.0 Å². The lowest BCUT2D eigenvalue weighted by atomic mass is 10.1. The van der Waals surface area contributed by atoms with E-state index in [1.807, 2.05) is 29.5 Å². The van der Waals surface area contributed by atoms with Crippen LogP contribution in [0.5, 0.6) is 0 Å². The van der Waals surface area contributed by atoms with Gasteiger partial charge in [0, 0.05) is 16.1 Å². The van der Waals surface area contributed by atoms with Crippen molar-refractivity contribution in [3.63, 3.8) is 0 Å². The Morgan fingerprint density at radius 3 is 2.68 bits per heavy atom. The standard InChI is InChI=1S/C18H17Cl2NS/c1-12-2-5-18-14(8-12)10-15(22-18)11-21-7-6-13-3-4-16(19)17(20)9-13/h2-5,8-10,21H,6-7,11H2,1H3. The Hall–Kier alpha value is -1.06. The fourth-order valence-electron chi connectivity index (χ4n) is 2.44. The molecule has 1 heterocycles. The van der Waals surface area contributed by atoms with Crippen LogP contribution in [0.25, 0.3) is 10.1 Å². The summed E-state index contributed by atoms with van der Waals surface area (Å²) in [6.07, 6.45) is 0.945. The highest BCUT2D eigenvalue weighted by atomic mass is 35.5. The Bertz CT molecular complexity index is 795. The maximum absolute atomic E-state index is 6.03. The van der Waals surface area contributed by atoms with Gasteiger partial charge in [-0.1, -0.05) is 47.0 Å². The maximum atomic E-state index is 6.03. The average Bonchev–Trinajstić information content (AvgIpc) is 2.89. The third-order valence-electron chi connectivity index (χ3n) is 3.60. The Morgan fingerprint density at radius 2 is 1.86 bits per heavy atom. The summed E-state index contributed by atoms with van der Waals surface area (Å²) in [6.45, 7) is 3.96. The topological polar surface area (TPSA) is 12.0 Å². The fraction of sp³-hybridized carbons (Fsp3) is 0.222. The summed E-state index contributed by atoms with van der Waals surface area (Å²) < 4.78 is 1.35. The van der Waals surface area contributed by atoms with Gasteiger partial charge in [0.25, 0.3) is 0 Å². The Labute approximate surface area is 144 Å². The van der Waals surface area contributed by atoms with Gasteiger partial charge in [-0.2, -0.15) is 0 Å². The average molecular weight is 350 g/mol. The van der Waals surface area contributed by atoms with Crippen LogP contribution >= 0.6 is 34.5 Å². The second-order valence-corrected chi connectivity index (χ2v) is 7.41. The number of hydrogen-bond donors (Lipinski definition) is 1. The van der Waals surface area contributed by atoms with Gasteiger partial charge in [-0.05, 0) is 55.1 Å². The Morgan fingerprint density at radius 1 is 1.00 bits per heavy atom. The normalized spacial score (nSPS) is 11.2. The minimum Gasteiger partial charge on any atom is -0.312 e. The molecule has 0 spiro atoms. The van der Waals surface area contributed by atoms with E-state index < -0.39 is 0 Å². The molecule has 114 valence electrons. The highest BCUT2D eigenvalue weighted by molar-refractivity contribution is 7.19. The summed E-state index contributed by atoms with van der Waals surface area (Å²) in [7, 11) is 0. The van der Waals surface area contributed by atoms with Gasteiger partial charge in [0.15, 0.2) is 0 Å². The van der Waals surface area contributed by atoms with Gasteiger partial charge in [-0.15, -0.1) is 11.3 Å². The summed E-state index contributed by atoms with van der Waals surface area (Å²) in [5, 5.41) is 6.07. The molecule has 1 N–H and O–H groups in total. The van der Waals surface area contributed by atoms with Gasteiger partial charge < -0.3 is 5.32 Å². The van der Waals surface area contributed by atoms with Crippen LogP contribution in [-0.2, 0) is 13.0 Å². The molecule has 2 aromatic carbocycles. The molecule has 0 saturated carbocycles. The monoisotopic (exact) mass is 349 g/mol. The van der Waals surface area contributed by atoms with Crippen LogP contribution in [-0.4, -0.2) is 6.54 Å². The van der Waals surface area contributed by atoms with E-state index in [1.54, 1.807) is 0 Å². The molecular formula is C18H17Cl2NS. The van der Waals surface area contributed by atoms with E-state index in [4.69, 9.17) is 23.2 Å². The molecule has 0 aliphatic heterocycles. The number of nitrogens with one attached hydrogen (secondary N) is 1. The van der Waals surface area contributed by atoms with Crippen molar-refractivity contribution in [2.75, 3.05) is 6.54 Å². The molecule has 3 rings (SSSR count). The lowest BCUT2D eigenvalue weighted by Crippen LogP contribution is -2.15. The van der Waals surface area contributed by atoms with E-state index in [2.05, 4.69) is 36.5 Å². The zero-order chi connectivity index (χ0) is 15.5.